The molecular formula is C23H26F6N2O3. The maximum Gasteiger partial charge on any atom is 0.416 e. The molecule has 0 aromatic heterocycles. The standard InChI is InChI=1S/C23H26F6N2O3/c1-13(2)6-18(21(30)32)31-11-14-4-5-19(20(9-14)33-3)34-12-15-7-16(22(24,25)26)10-17(8-15)23(27,28)29/h4-5,7-10,13,18,31H,6,11-12H2,1-3H3,(H2,30,32)/t18-/m0/s1. The summed E-state index contributed by atoms with van der Waals surface area (Å²) in [4.78, 5) is 11.6. The second-order valence-electron chi connectivity index (χ2n) is 8.15. The molecule has 188 valence electrons. The van der Waals surface area contributed by atoms with Crippen LogP contribution in [0.5, 0.6) is 11.5 Å². The fourth-order valence-electron chi connectivity index (χ4n) is 3.22. The summed E-state index contributed by atoms with van der Waals surface area (Å²) in [5, 5.41) is 3.05. The molecular weight excluding hydrogens is 466 g/mol. The van der Waals surface area contributed by atoms with Gasteiger partial charge in [-0.1, -0.05) is 19.9 Å². The number of rotatable bonds is 10. The Kier molecular flexibility index (Phi) is 8.82. The molecule has 2 rings (SSSR count). The van der Waals surface area contributed by atoms with Gasteiger partial charge in [-0.2, -0.15) is 26.3 Å². The van der Waals surface area contributed by atoms with Crippen LogP contribution in [0.3, 0.4) is 0 Å². The normalized spacial score (nSPS) is 13.1. The predicted molar refractivity (Wildman–Crippen MR) is 113 cm³/mol. The molecule has 11 heteroatoms. The number of halogens is 6. The first kappa shape index (κ1) is 27.3. The fraction of sp³-hybridized carbons (Fsp3) is 0.435. The third kappa shape index (κ3) is 7.82. The molecule has 0 heterocycles. The molecule has 0 fully saturated rings. The number of carbonyl (C=O) groups is 1. The monoisotopic (exact) mass is 492 g/mol. The third-order valence-electron chi connectivity index (χ3n) is 4.87. The molecule has 0 unspecified atom stereocenters. The van der Waals surface area contributed by atoms with E-state index in [0.717, 1.165) is 0 Å². The average Bonchev–Trinajstić information content (AvgIpc) is 2.73. The maximum absolute atomic E-state index is 13.0. The van der Waals surface area contributed by atoms with Gasteiger partial charge in [0.1, 0.15) is 6.61 Å². The Labute approximate surface area is 193 Å². The number of carbonyl (C=O) groups excluding carboxylic acids is 1. The Morgan fingerprint density at radius 2 is 1.53 bits per heavy atom. The van der Waals surface area contributed by atoms with Crippen LogP contribution in [0.4, 0.5) is 26.3 Å². The maximum atomic E-state index is 13.0. The highest BCUT2D eigenvalue weighted by molar-refractivity contribution is 5.79. The Bertz CT molecular complexity index is 957. The van der Waals surface area contributed by atoms with Crippen LogP contribution in [0.1, 0.15) is 42.5 Å². The largest absolute Gasteiger partial charge is 0.493 e. The number of hydrogen-bond acceptors (Lipinski definition) is 4. The lowest BCUT2D eigenvalue weighted by Crippen LogP contribution is -2.41. The SMILES string of the molecule is COc1cc(CN[C@@H](CC(C)C)C(N)=O)ccc1OCc1cc(C(F)(F)F)cc(C(F)(F)F)c1. The minimum absolute atomic E-state index is 0.0600. The van der Waals surface area contributed by atoms with Gasteiger partial charge in [-0.25, -0.2) is 0 Å². The lowest BCUT2D eigenvalue weighted by Gasteiger charge is -2.18. The number of ether oxygens (including phenoxy) is 2. The number of amides is 1. The highest BCUT2D eigenvalue weighted by Crippen LogP contribution is 2.37. The number of benzene rings is 2. The Hall–Kier alpha value is -2.95. The zero-order valence-corrected chi connectivity index (χ0v) is 18.8. The van der Waals surface area contributed by atoms with Crippen molar-refractivity contribution < 1.29 is 40.6 Å². The van der Waals surface area contributed by atoms with E-state index in [0.29, 0.717) is 24.1 Å². The first-order valence-corrected chi connectivity index (χ1v) is 10.3. The van der Waals surface area contributed by atoms with Gasteiger partial charge in [-0.15, -0.1) is 0 Å². The molecule has 5 nitrogen and oxygen atoms in total. The van der Waals surface area contributed by atoms with Gasteiger partial charge >= 0.3 is 12.4 Å². The molecule has 0 aliphatic heterocycles. The number of nitrogens with one attached hydrogen (secondary N) is 1. The topological polar surface area (TPSA) is 73.6 Å². The first-order chi connectivity index (χ1) is 15.7. The van der Waals surface area contributed by atoms with Gasteiger partial charge in [-0.05, 0) is 53.8 Å². The Balaban J connectivity index is 2.18. The van der Waals surface area contributed by atoms with Crippen LogP contribution < -0.4 is 20.5 Å². The molecule has 3 N–H and O–H groups in total. The van der Waals surface area contributed by atoms with E-state index in [1.54, 1.807) is 12.1 Å². The molecule has 0 spiro atoms. The van der Waals surface area contributed by atoms with E-state index in [-0.39, 0.29) is 35.6 Å². The van der Waals surface area contributed by atoms with E-state index >= 15 is 0 Å². The molecule has 1 amide bonds. The molecule has 34 heavy (non-hydrogen) atoms. The first-order valence-electron chi connectivity index (χ1n) is 10.3. The Morgan fingerprint density at radius 1 is 0.941 bits per heavy atom. The van der Waals surface area contributed by atoms with Crippen LogP contribution in [-0.4, -0.2) is 19.1 Å². The zero-order chi connectivity index (χ0) is 25.7. The summed E-state index contributed by atoms with van der Waals surface area (Å²) in [5.74, 6) is 0.108. The summed E-state index contributed by atoms with van der Waals surface area (Å²) in [6.45, 7) is 3.64. The van der Waals surface area contributed by atoms with E-state index in [2.05, 4.69) is 5.32 Å². The van der Waals surface area contributed by atoms with Crippen LogP contribution in [0.15, 0.2) is 36.4 Å². The summed E-state index contributed by atoms with van der Waals surface area (Å²) < 4.78 is 89.0. The number of alkyl halides is 6. The predicted octanol–water partition coefficient (Wildman–Crippen LogP) is 5.30. The molecule has 2 aromatic rings. The van der Waals surface area contributed by atoms with Gasteiger partial charge in [0, 0.05) is 6.54 Å². The van der Waals surface area contributed by atoms with Crippen molar-refractivity contribution >= 4 is 5.91 Å². The molecule has 0 aliphatic carbocycles. The van der Waals surface area contributed by atoms with Gasteiger partial charge < -0.3 is 20.5 Å². The number of nitrogens with two attached hydrogens (primary N) is 1. The molecule has 0 saturated heterocycles. The summed E-state index contributed by atoms with van der Waals surface area (Å²) in [6.07, 6.45) is -9.34. The van der Waals surface area contributed by atoms with Crippen molar-refractivity contribution in [3.63, 3.8) is 0 Å². The highest BCUT2D eigenvalue weighted by atomic mass is 19.4. The summed E-state index contributed by atoms with van der Waals surface area (Å²) in [7, 11) is 1.34. The summed E-state index contributed by atoms with van der Waals surface area (Å²) in [5.41, 5.74) is 2.99. The molecule has 1 atom stereocenters. The molecule has 0 radical (unpaired) electrons. The van der Waals surface area contributed by atoms with Gasteiger partial charge in [0.2, 0.25) is 5.91 Å². The van der Waals surface area contributed by atoms with Gasteiger partial charge in [0.15, 0.2) is 11.5 Å². The lowest BCUT2D eigenvalue weighted by atomic mass is 10.0. The smallest absolute Gasteiger partial charge is 0.416 e. The van der Waals surface area contributed by atoms with Crippen molar-refractivity contribution in [3.8, 4) is 11.5 Å². The van der Waals surface area contributed by atoms with Crippen molar-refractivity contribution in [3.05, 3.63) is 58.7 Å². The van der Waals surface area contributed by atoms with E-state index in [1.807, 2.05) is 13.8 Å². The second-order valence-corrected chi connectivity index (χ2v) is 8.15. The third-order valence-corrected chi connectivity index (χ3v) is 4.87. The lowest BCUT2D eigenvalue weighted by molar-refractivity contribution is -0.143. The van der Waals surface area contributed by atoms with E-state index in [9.17, 15) is 31.1 Å². The van der Waals surface area contributed by atoms with Gasteiger partial charge in [0.25, 0.3) is 0 Å². The van der Waals surface area contributed by atoms with Gasteiger partial charge in [0.05, 0.1) is 24.3 Å². The Morgan fingerprint density at radius 3 is 2.00 bits per heavy atom. The van der Waals surface area contributed by atoms with Crippen LogP contribution >= 0.6 is 0 Å². The molecule has 2 aromatic carbocycles. The molecule has 0 aliphatic rings. The minimum atomic E-state index is -4.94. The summed E-state index contributed by atoms with van der Waals surface area (Å²) >= 11 is 0. The average molecular weight is 492 g/mol. The van der Waals surface area contributed by atoms with Gasteiger partial charge in [-0.3, -0.25) is 4.79 Å². The van der Waals surface area contributed by atoms with E-state index in [4.69, 9.17) is 15.2 Å². The quantitative estimate of drug-likeness (QED) is 0.442. The van der Waals surface area contributed by atoms with Crippen molar-refractivity contribution in [1.29, 1.82) is 0 Å². The van der Waals surface area contributed by atoms with Crippen molar-refractivity contribution in [2.75, 3.05) is 7.11 Å². The number of hydrogen-bond donors (Lipinski definition) is 2. The van der Waals surface area contributed by atoms with Crippen LogP contribution in [0.2, 0.25) is 0 Å². The van der Waals surface area contributed by atoms with E-state index in [1.165, 1.54) is 13.2 Å². The van der Waals surface area contributed by atoms with Crippen LogP contribution in [-0.2, 0) is 30.3 Å². The second kappa shape index (κ2) is 11.0. The van der Waals surface area contributed by atoms with Crippen molar-refractivity contribution in [1.82, 2.24) is 5.32 Å². The highest BCUT2D eigenvalue weighted by Gasteiger charge is 2.37. The van der Waals surface area contributed by atoms with Crippen LogP contribution in [0, 0.1) is 5.92 Å². The number of primary amides is 1. The minimum Gasteiger partial charge on any atom is -0.493 e. The van der Waals surface area contributed by atoms with Crippen molar-refractivity contribution in [2.45, 2.75) is 51.8 Å². The van der Waals surface area contributed by atoms with E-state index < -0.39 is 42.0 Å². The van der Waals surface area contributed by atoms with Crippen LogP contribution in [0.25, 0.3) is 0 Å². The zero-order valence-electron chi connectivity index (χ0n) is 18.8. The summed E-state index contributed by atoms with van der Waals surface area (Å²) in [6, 6.07) is 5.44. The molecule has 0 saturated carbocycles. The molecule has 0 bridgehead atoms. The number of methoxy groups -OCH3 is 1. The van der Waals surface area contributed by atoms with Crippen molar-refractivity contribution in [2.24, 2.45) is 11.7 Å². The fourth-order valence-corrected chi connectivity index (χ4v) is 3.22.